The molecular weight excluding hydrogens is 428 g/mol. The summed E-state index contributed by atoms with van der Waals surface area (Å²) in [5.74, 6) is -0.409. The molecule has 0 aromatic heterocycles. The molecule has 0 unspecified atom stereocenters. The number of ether oxygens (including phenoxy) is 5. The number of carbonyl (C=O) groups excluding carboxylic acids is 3. The van der Waals surface area contributed by atoms with Gasteiger partial charge in [0.05, 0.1) is 17.6 Å². The van der Waals surface area contributed by atoms with Crippen LogP contribution in [0.25, 0.3) is 0 Å². The minimum atomic E-state index is -0.587. The van der Waals surface area contributed by atoms with Crippen LogP contribution in [0.15, 0.2) is 61.2 Å². The van der Waals surface area contributed by atoms with Gasteiger partial charge in [-0.25, -0.2) is 9.59 Å². The normalized spacial score (nSPS) is 17.5. The summed E-state index contributed by atoms with van der Waals surface area (Å²) in [6.07, 6.45) is 4.42. The summed E-state index contributed by atoms with van der Waals surface area (Å²) in [5, 5.41) is 0. The Kier molecular flexibility index (Phi) is 8.60. The second kappa shape index (κ2) is 11.8. The van der Waals surface area contributed by atoms with Crippen LogP contribution >= 0.6 is 0 Å². The van der Waals surface area contributed by atoms with Crippen LogP contribution in [0.3, 0.4) is 0 Å². The maximum atomic E-state index is 12.4. The number of hydrogen-bond donors (Lipinski definition) is 0. The predicted molar refractivity (Wildman–Crippen MR) is 118 cm³/mol. The molecule has 0 radical (unpaired) electrons. The van der Waals surface area contributed by atoms with Crippen molar-refractivity contribution in [2.24, 2.45) is 5.92 Å². The van der Waals surface area contributed by atoms with Crippen molar-refractivity contribution in [2.75, 3.05) is 13.9 Å². The first-order valence-electron chi connectivity index (χ1n) is 10.6. The minimum Gasteiger partial charge on any atom is -0.457 e. The fourth-order valence-electron chi connectivity index (χ4n) is 3.38. The molecule has 174 valence electrons. The van der Waals surface area contributed by atoms with Crippen LogP contribution in [0.4, 0.5) is 0 Å². The van der Waals surface area contributed by atoms with Crippen LogP contribution in [0.2, 0.25) is 0 Å². The van der Waals surface area contributed by atoms with Crippen molar-refractivity contribution in [3.05, 3.63) is 66.7 Å². The molecule has 1 aliphatic rings. The summed E-state index contributed by atoms with van der Waals surface area (Å²) in [6, 6.07) is 12.5. The highest BCUT2D eigenvalue weighted by atomic mass is 16.7. The molecule has 0 amide bonds. The van der Waals surface area contributed by atoms with E-state index in [9.17, 15) is 14.4 Å². The van der Waals surface area contributed by atoms with Gasteiger partial charge >= 0.3 is 17.9 Å². The van der Waals surface area contributed by atoms with Crippen molar-refractivity contribution in [3.63, 3.8) is 0 Å². The standard InChI is InChI=1S/C25H26O8/c1-3-23(26)31-16-30-20-12-14-22(15-13-20)33-25(28)18-6-10-21(11-7-18)32-24(27)17-4-8-19(29-2)9-5-17/h3,6-7,10-15,17,19H,1,4-5,8-9,16H2,2H3. The van der Waals surface area contributed by atoms with Gasteiger partial charge in [-0.1, -0.05) is 6.58 Å². The molecule has 8 nitrogen and oxygen atoms in total. The Labute approximate surface area is 192 Å². The Morgan fingerprint density at radius 3 is 2.06 bits per heavy atom. The number of methoxy groups -OCH3 is 1. The molecule has 3 rings (SSSR count). The molecule has 2 aromatic carbocycles. The zero-order valence-corrected chi connectivity index (χ0v) is 18.4. The lowest BCUT2D eigenvalue weighted by molar-refractivity contribution is -0.144. The largest absolute Gasteiger partial charge is 0.457 e. The third-order valence-corrected chi connectivity index (χ3v) is 5.28. The topological polar surface area (TPSA) is 97.4 Å². The van der Waals surface area contributed by atoms with Gasteiger partial charge in [0.15, 0.2) is 0 Å². The average molecular weight is 454 g/mol. The highest BCUT2D eigenvalue weighted by molar-refractivity contribution is 5.91. The predicted octanol–water partition coefficient (Wildman–Crippen LogP) is 4.08. The molecule has 1 saturated carbocycles. The molecule has 0 bridgehead atoms. The van der Waals surface area contributed by atoms with Gasteiger partial charge in [0, 0.05) is 13.2 Å². The Morgan fingerprint density at radius 1 is 0.879 bits per heavy atom. The van der Waals surface area contributed by atoms with Gasteiger partial charge in [0.2, 0.25) is 6.79 Å². The zero-order chi connectivity index (χ0) is 23.6. The summed E-state index contributed by atoms with van der Waals surface area (Å²) < 4.78 is 26.1. The first kappa shape index (κ1) is 24.0. The van der Waals surface area contributed by atoms with Crippen LogP contribution in [0.5, 0.6) is 17.2 Å². The van der Waals surface area contributed by atoms with E-state index < -0.39 is 11.9 Å². The molecule has 0 N–H and O–H groups in total. The number of benzene rings is 2. The van der Waals surface area contributed by atoms with Crippen molar-refractivity contribution in [2.45, 2.75) is 31.8 Å². The minimum absolute atomic E-state index is 0.137. The monoisotopic (exact) mass is 454 g/mol. The first-order valence-corrected chi connectivity index (χ1v) is 10.6. The SMILES string of the molecule is C=CC(=O)OCOc1ccc(OC(=O)c2ccc(OC(=O)C3CCC(OC)CC3)cc2)cc1. The van der Waals surface area contributed by atoms with Gasteiger partial charge in [-0.05, 0) is 74.2 Å². The van der Waals surface area contributed by atoms with Crippen LogP contribution in [-0.2, 0) is 19.1 Å². The van der Waals surface area contributed by atoms with Crippen molar-refractivity contribution >= 4 is 17.9 Å². The smallest absolute Gasteiger partial charge is 0.343 e. The van der Waals surface area contributed by atoms with E-state index in [4.69, 9.17) is 23.7 Å². The van der Waals surface area contributed by atoms with Crippen LogP contribution in [-0.4, -0.2) is 37.9 Å². The lowest BCUT2D eigenvalue weighted by Crippen LogP contribution is -2.28. The van der Waals surface area contributed by atoms with E-state index >= 15 is 0 Å². The lowest BCUT2D eigenvalue weighted by atomic mass is 9.87. The molecule has 0 aliphatic heterocycles. The number of rotatable bonds is 9. The first-order chi connectivity index (χ1) is 16.0. The quantitative estimate of drug-likeness (QED) is 0.242. The summed E-state index contributed by atoms with van der Waals surface area (Å²) in [6.45, 7) is 3.03. The van der Waals surface area contributed by atoms with Crippen LogP contribution in [0.1, 0.15) is 36.0 Å². The molecule has 0 heterocycles. The Bertz CT molecular complexity index is 957. The second-order valence-corrected chi connectivity index (χ2v) is 7.45. The van der Waals surface area contributed by atoms with Gasteiger partial charge in [-0.15, -0.1) is 0 Å². The molecule has 0 spiro atoms. The highest BCUT2D eigenvalue weighted by Gasteiger charge is 2.27. The van der Waals surface area contributed by atoms with Crippen LogP contribution in [0, 0.1) is 5.92 Å². The molecule has 33 heavy (non-hydrogen) atoms. The molecule has 0 saturated heterocycles. The summed E-state index contributed by atoms with van der Waals surface area (Å²) >= 11 is 0. The number of hydrogen-bond acceptors (Lipinski definition) is 8. The molecule has 1 aliphatic carbocycles. The Balaban J connectivity index is 1.47. The van der Waals surface area contributed by atoms with Crippen molar-refractivity contribution in [3.8, 4) is 17.2 Å². The molecule has 8 heteroatoms. The fourth-order valence-corrected chi connectivity index (χ4v) is 3.38. The summed E-state index contributed by atoms with van der Waals surface area (Å²) in [4.78, 5) is 35.7. The van der Waals surface area contributed by atoms with E-state index in [1.807, 2.05) is 0 Å². The second-order valence-electron chi connectivity index (χ2n) is 7.45. The average Bonchev–Trinajstić information content (AvgIpc) is 2.85. The van der Waals surface area contributed by atoms with Gasteiger partial charge in [-0.3, -0.25) is 4.79 Å². The fraction of sp³-hybridized carbons (Fsp3) is 0.320. The Morgan fingerprint density at radius 2 is 1.45 bits per heavy atom. The Hall–Kier alpha value is -3.65. The van der Waals surface area contributed by atoms with Gasteiger partial charge < -0.3 is 23.7 Å². The van der Waals surface area contributed by atoms with E-state index in [1.54, 1.807) is 43.5 Å². The lowest BCUT2D eigenvalue weighted by Gasteiger charge is -2.26. The van der Waals surface area contributed by atoms with Gasteiger partial charge in [0.25, 0.3) is 0 Å². The van der Waals surface area contributed by atoms with E-state index in [0.717, 1.165) is 31.8 Å². The van der Waals surface area contributed by atoms with Crippen LogP contribution < -0.4 is 14.2 Å². The maximum absolute atomic E-state index is 12.4. The van der Waals surface area contributed by atoms with E-state index in [-0.39, 0.29) is 24.8 Å². The molecule has 2 aromatic rings. The molecule has 0 atom stereocenters. The van der Waals surface area contributed by atoms with E-state index in [1.165, 1.54) is 12.1 Å². The number of esters is 3. The third kappa shape index (κ3) is 7.18. The van der Waals surface area contributed by atoms with Crippen molar-refractivity contribution in [1.82, 2.24) is 0 Å². The third-order valence-electron chi connectivity index (χ3n) is 5.28. The maximum Gasteiger partial charge on any atom is 0.343 e. The molecule has 1 fully saturated rings. The van der Waals surface area contributed by atoms with Crippen molar-refractivity contribution in [1.29, 1.82) is 0 Å². The summed E-state index contributed by atoms with van der Waals surface area (Å²) in [5.41, 5.74) is 0.312. The summed E-state index contributed by atoms with van der Waals surface area (Å²) in [7, 11) is 1.69. The van der Waals surface area contributed by atoms with E-state index in [2.05, 4.69) is 6.58 Å². The molecular formula is C25H26O8. The van der Waals surface area contributed by atoms with Gasteiger partial charge in [-0.2, -0.15) is 0 Å². The van der Waals surface area contributed by atoms with E-state index in [0.29, 0.717) is 22.8 Å². The highest BCUT2D eigenvalue weighted by Crippen LogP contribution is 2.27. The number of carbonyl (C=O) groups is 3. The van der Waals surface area contributed by atoms with Gasteiger partial charge in [0.1, 0.15) is 17.2 Å². The van der Waals surface area contributed by atoms with Crippen molar-refractivity contribution < 1.29 is 38.1 Å². The zero-order valence-electron chi connectivity index (χ0n) is 18.4.